The minimum absolute atomic E-state index is 0.000738. The van der Waals surface area contributed by atoms with E-state index < -0.39 is 103 Å². The van der Waals surface area contributed by atoms with E-state index in [1.165, 1.54) is 7.11 Å². The lowest BCUT2D eigenvalue weighted by Crippen LogP contribution is -2.69. The molecule has 6 unspecified atom stereocenters. The van der Waals surface area contributed by atoms with E-state index in [1.54, 1.807) is 34.6 Å². The third-order valence-corrected chi connectivity index (χ3v) is 10.1. The van der Waals surface area contributed by atoms with Crippen LogP contribution < -0.4 is 0 Å². The van der Waals surface area contributed by atoms with Crippen LogP contribution in [-0.2, 0) is 28.4 Å². The number of aliphatic hydroxyl groups is 9. The molecule has 0 radical (unpaired) electrons. The molecule has 0 aromatic rings. The fraction of sp³-hybridized carbons (Fsp3) is 1.00. The lowest BCUT2D eigenvalue weighted by atomic mass is 9.69. The first-order chi connectivity index (χ1) is 20.5. The molecule has 15 nitrogen and oxygen atoms in total. The predicted molar refractivity (Wildman–Crippen MR) is 151 cm³/mol. The third-order valence-electron chi connectivity index (χ3n) is 10.1. The van der Waals surface area contributed by atoms with Crippen LogP contribution in [0.2, 0.25) is 0 Å². The van der Waals surface area contributed by atoms with Gasteiger partial charge in [0.2, 0.25) is 0 Å². The zero-order valence-electron chi connectivity index (χ0n) is 26.5. The first kappa shape index (κ1) is 37.9. The maximum atomic E-state index is 11.3. The molecule has 0 bridgehead atoms. The minimum Gasteiger partial charge on any atom is -0.394 e. The van der Waals surface area contributed by atoms with Crippen molar-refractivity contribution in [3.8, 4) is 0 Å². The molecule has 3 aliphatic rings. The number of methoxy groups -OCH3 is 1. The highest BCUT2D eigenvalue weighted by Gasteiger charge is 2.59. The summed E-state index contributed by atoms with van der Waals surface area (Å²) in [7, 11) is 1.44. The summed E-state index contributed by atoms with van der Waals surface area (Å²) in [5.74, 6) is 0. The van der Waals surface area contributed by atoms with E-state index in [0.717, 1.165) is 0 Å². The van der Waals surface area contributed by atoms with Gasteiger partial charge < -0.3 is 74.4 Å². The van der Waals surface area contributed by atoms with Gasteiger partial charge in [0.05, 0.1) is 69.7 Å². The second kappa shape index (κ2) is 14.7. The Morgan fingerprint density at radius 1 is 0.659 bits per heavy atom. The Bertz CT molecular complexity index is 908. The van der Waals surface area contributed by atoms with E-state index in [4.69, 9.17) is 28.4 Å². The predicted octanol–water partition coefficient (Wildman–Crippen LogP) is -2.97. The molecule has 3 aliphatic heterocycles. The molecule has 9 N–H and O–H groups in total. The number of hydrogen-bond donors (Lipinski definition) is 9. The van der Waals surface area contributed by atoms with E-state index in [9.17, 15) is 46.0 Å². The average molecular weight is 643 g/mol. The largest absolute Gasteiger partial charge is 0.394 e. The monoisotopic (exact) mass is 642 g/mol. The lowest BCUT2D eigenvalue weighted by Gasteiger charge is -2.55. The number of rotatable bonds is 13. The molecule has 0 aromatic heterocycles. The van der Waals surface area contributed by atoms with Gasteiger partial charge in [0.15, 0.2) is 6.29 Å². The second-order valence-electron chi connectivity index (χ2n) is 13.4. The van der Waals surface area contributed by atoms with Crippen LogP contribution in [0.4, 0.5) is 0 Å². The van der Waals surface area contributed by atoms with Crippen molar-refractivity contribution in [1.29, 1.82) is 0 Å². The van der Waals surface area contributed by atoms with E-state index >= 15 is 0 Å². The van der Waals surface area contributed by atoms with Crippen LogP contribution in [0.3, 0.4) is 0 Å². The van der Waals surface area contributed by atoms with Crippen molar-refractivity contribution in [2.24, 2.45) is 10.8 Å². The summed E-state index contributed by atoms with van der Waals surface area (Å²) in [5.41, 5.74) is -4.88. The molecule has 15 atom stereocenters. The Labute approximate surface area is 258 Å². The van der Waals surface area contributed by atoms with Crippen molar-refractivity contribution in [2.75, 3.05) is 46.8 Å². The lowest BCUT2D eigenvalue weighted by molar-refractivity contribution is -0.317. The summed E-state index contributed by atoms with van der Waals surface area (Å²) in [6.07, 6.45) is -13.7. The maximum Gasteiger partial charge on any atom is 0.186 e. The summed E-state index contributed by atoms with van der Waals surface area (Å²) in [6, 6.07) is 0. The average Bonchev–Trinajstić information content (AvgIpc) is 3.00. The van der Waals surface area contributed by atoms with Gasteiger partial charge in [-0.05, 0) is 26.7 Å². The van der Waals surface area contributed by atoms with E-state index in [0.29, 0.717) is 6.42 Å². The first-order valence-corrected chi connectivity index (χ1v) is 15.2. The Morgan fingerprint density at radius 2 is 1.23 bits per heavy atom. The molecule has 0 aliphatic carbocycles. The molecular formula is C29H54O15. The molecule has 260 valence electrons. The molecule has 0 aromatic carbocycles. The molecular weight excluding hydrogens is 588 g/mol. The van der Waals surface area contributed by atoms with Gasteiger partial charge >= 0.3 is 0 Å². The Hall–Kier alpha value is -0.600. The SMILES string of the molecule is CC[C@]1(C)OC(CO)[C@@](C)(COC[C@]2(C)OC(CCO[C@H]3OC(CO)[C@H](O)[C@@H](O)C3O)[C@@](C)(COC)[C@@H](O)C2O)[C@@H](O)C1O. The number of aliphatic hydroxyl groups excluding tert-OH is 9. The van der Waals surface area contributed by atoms with Crippen molar-refractivity contribution >= 4 is 0 Å². The summed E-state index contributed by atoms with van der Waals surface area (Å²) >= 11 is 0. The maximum absolute atomic E-state index is 11.3. The molecule has 44 heavy (non-hydrogen) atoms. The standard InChI is InChI=1S/C29H54O15/c1-7-28(4)23(37)21(35)27(3,17(11-31)44-28)13-40-14-29(5)24(38)22(36)26(2,12-39-6)16(43-29)8-9-41-25-20(34)19(33)18(32)15(10-30)42-25/h15-25,30-38H,7-14H2,1-6H3/t15?,16?,17?,18-,19+,20?,21-,22-,23?,24?,25-,26+,27+,28-,29-/m0/s1. The van der Waals surface area contributed by atoms with Crippen molar-refractivity contribution in [3.63, 3.8) is 0 Å². The molecule has 0 spiro atoms. The minimum atomic E-state index is -1.61. The Kier molecular flexibility index (Phi) is 12.6. The van der Waals surface area contributed by atoms with Crippen LogP contribution in [-0.4, -0.2) is 171 Å². The normalized spacial score (nSPS) is 50.1. The van der Waals surface area contributed by atoms with Crippen molar-refractivity contribution in [2.45, 2.75) is 126 Å². The second-order valence-corrected chi connectivity index (χ2v) is 13.4. The molecule has 0 amide bonds. The zero-order valence-corrected chi connectivity index (χ0v) is 26.5. The summed E-state index contributed by atoms with van der Waals surface area (Å²) in [4.78, 5) is 0. The molecule has 3 saturated heterocycles. The van der Waals surface area contributed by atoms with Crippen molar-refractivity contribution in [3.05, 3.63) is 0 Å². The zero-order chi connectivity index (χ0) is 33.3. The van der Waals surface area contributed by atoms with Crippen LogP contribution in [0.15, 0.2) is 0 Å². The van der Waals surface area contributed by atoms with Gasteiger partial charge in [-0.25, -0.2) is 0 Å². The van der Waals surface area contributed by atoms with Gasteiger partial charge in [-0.3, -0.25) is 0 Å². The van der Waals surface area contributed by atoms with Gasteiger partial charge in [-0.15, -0.1) is 0 Å². The summed E-state index contributed by atoms with van der Waals surface area (Å²) < 4.78 is 34.8. The fourth-order valence-electron chi connectivity index (χ4n) is 6.51. The number of ether oxygens (including phenoxy) is 6. The number of hydrogen-bond acceptors (Lipinski definition) is 15. The fourth-order valence-corrected chi connectivity index (χ4v) is 6.51. The summed E-state index contributed by atoms with van der Waals surface area (Å²) in [5, 5.41) is 94.3. The highest BCUT2D eigenvalue weighted by Crippen LogP contribution is 2.45. The van der Waals surface area contributed by atoms with E-state index in [-0.39, 0.29) is 32.8 Å². The van der Waals surface area contributed by atoms with Crippen LogP contribution in [0.1, 0.15) is 47.5 Å². The van der Waals surface area contributed by atoms with Crippen LogP contribution in [0.5, 0.6) is 0 Å². The first-order valence-electron chi connectivity index (χ1n) is 15.2. The van der Waals surface area contributed by atoms with Crippen LogP contribution >= 0.6 is 0 Å². The highest BCUT2D eigenvalue weighted by atomic mass is 16.7. The molecule has 15 heteroatoms. The molecule has 3 fully saturated rings. The van der Waals surface area contributed by atoms with E-state index in [2.05, 4.69) is 0 Å². The Balaban J connectivity index is 1.72. The highest BCUT2D eigenvalue weighted by molar-refractivity contribution is 5.07. The Morgan fingerprint density at radius 3 is 1.77 bits per heavy atom. The molecule has 0 saturated carbocycles. The summed E-state index contributed by atoms with van der Waals surface area (Å²) in [6.45, 7) is 6.75. The van der Waals surface area contributed by atoms with Gasteiger partial charge in [-0.2, -0.15) is 0 Å². The quantitative estimate of drug-likeness (QED) is 0.0975. The van der Waals surface area contributed by atoms with Crippen molar-refractivity contribution < 1.29 is 74.4 Å². The smallest absolute Gasteiger partial charge is 0.186 e. The van der Waals surface area contributed by atoms with Crippen LogP contribution in [0, 0.1) is 10.8 Å². The third kappa shape index (κ3) is 6.98. The molecule has 3 rings (SSSR count). The van der Waals surface area contributed by atoms with Gasteiger partial charge in [0.1, 0.15) is 42.2 Å². The van der Waals surface area contributed by atoms with E-state index in [1.807, 2.05) is 0 Å². The van der Waals surface area contributed by atoms with Crippen molar-refractivity contribution in [1.82, 2.24) is 0 Å². The van der Waals surface area contributed by atoms with Gasteiger partial charge in [0.25, 0.3) is 0 Å². The van der Waals surface area contributed by atoms with Crippen LogP contribution in [0.25, 0.3) is 0 Å². The van der Waals surface area contributed by atoms with Gasteiger partial charge in [-0.1, -0.05) is 20.8 Å². The van der Waals surface area contributed by atoms with Gasteiger partial charge in [0, 0.05) is 17.9 Å². The topological polar surface area (TPSA) is 237 Å². The molecule has 3 heterocycles.